The molecular formula is C16H19FN2O2. The SMILES string of the molecule is COC(=O)C1CCC(CNc2ccc(F)c(C#N)c2)CC1. The fourth-order valence-electron chi connectivity index (χ4n) is 2.75. The van der Waals surface area contributed by atoms with Gasteiger partial charge in [-0.2, -0.15) is 5.26 Å². The molecule has 0 spiro atoms. The number of rotatable bonds is 4. The third kappa shape index (κ3) is 3.94. The molecule has 0 aromatic heterocycles. The third-order valence-electron chi connectivity index (χ3n) is 4.06. The Morgan fingerprint density at radius 2 is 2.14 bits per heavy atom. The molecule has 2 rings (SSSR count). The summed E-state index contributed by atoms with van der Waals surface area (Å²) in [5, 5.41) is 12.0. The van der Waals surface area contributed by atoms with Crippen LogP contribution in [0.15, 0.2) is 18.2 Å². The molecule has 5 heteroatoms. The number of benzene rings is 1. The van der Waals surface area contributed by atoms with E-state index in [0.717, 1.165) is 37.9 Å². The number of carbonyl (C=O) groups is 1. The lowest BCUT2D eigenvalue weighted by Crippen LogP contribution is -2.26. The Labute approximate surface area is 123 Å². The molecule has 4 nitrogen and oxygen atoms in total. The monoisotopic (exact) mass is 290 g/mol. The normalized spacial score (nSPS) is 21.4. The Kier molecular flexibility index (Phi) is 5.15. The van der Waals surface area contributed by atoms with E-state index >= 15 is 0 Å². The molecule has 1 aliphatic rings. The van der Waals surface area contributed by atoms with Crippen LogP contribution in [0.3, 0.4) is 0 Å². The van der Waals surface area contributed by atoms with E-state index < -0.39 is 5.82 Å². The van der Waals surface area contributed by atoms with Crippen molar-refractivity contribution < 1.29 is 13.9 Å². The van der Waals surface area contributed by atoms with Crippen molar-refractivity contribution in [2.45, 2.75) is 25.7 Å². The van der Waals surface area contributed by atoms with Crippen LogP contribution < -0.4 is 5.32 Å². The van der Waals surface area contributed by atoms with E-state index in [1.165, 1.54) is 19.2 Å². The van der Waals surface area contributed by atoms with E-state index in [9.17, 15) is 9.18 Å². The highest BCUT2D eigenvalue weighted by molar-refractivity contribution is 5.72. The Hall–Kier alpha value is -2.09. The van der Waals surface area contributed by atoms with Gasteiger partial charge < -0.3 is 10.1 Å². The lowest BCUT2D eigenvalue weighted by molar-refractivity contribution is -0.146. The first-order valence-corrected chi connectivity index (χ1v) is 7.15. The molecule has 0 aliphatic heterocycles. The first-order valence-electron chi connectivity index (χ1n) is 7.15. The molecule has 1 aromatic rings. The minimum absolute atomic E-state index is 0.0299. The van der Waals surface area contributed by atoms with E-state index in [1.54, 1.807) is 6.07 Å². The molecular weight excluding hydrogens is 271 g/mol. The minimum atomic E-state index is -0.498. The Balaban J connectivity index is 1.82. The van der Waals surface area contributed by atoms with Crippen molar-refractivity contribution in [3.8, 4) is 6.07 Å². The Bertz CT molecular complexity index is 546. The number of nitriles is 1. The van der Waals surface area contributed by atoms with Gasteiger partial charge in [0.2, 0.25) is 0 Å². The summed E-state index contributed by atoms with van der Waals surface area (Å²) in [4.78, 5) is 11.5. The van der Waals surface area contributed by atoms with Gasteiger partial charge >= 0.3 is 5.97 Å². The van der Waals surface area contributed by atoms with E-state index in [0.29, 0.717) is 5.92 Å². The smallest absolute Gasteiger partial charge is 0.308 e. The van der Waals surface area contributed by atoms with Crippen LogP contribution in [0.5, 0.6) is 0 Å². The second-order valence-corrected chi connectivity index (χ2v) is 5.43. The molecule has 1 N–H and O–H groups in total. The van der Waals surface area contributed by atoms with E-state index in [2.05, 4.69) is 5.32 Å². The summed E-state index contributed by atoms with van der Waals surface area (Å²) < 4.78 is 18.0. The van der Waals surface area contributed by atoms with Gasteiger partial charge in [0.15, 0.2) is 0 Å². The number of esters is 1. The zero-order valence-corrected chi connectivity index (χ0v) is 12.1. The average Bonchev–Trinajstić information content (AvgIpc) is 2.53. The van der Waals surface area contributed by atoms with Crippen LogP contribution in [0.2, 0.25) is 0 Å². The van der Waals surface area contributed by atoms with Crippen LogP contribution in [-0.4, -0.2) is 19.6 Å². The van der Waals surface area contributed by atoms with Gasteiger partial charge in [-0.3, -0.25) is 4.79 Å². The highest BCUT2D eigenvalue weighted by Gasteiger charge is 2.26. The lowest BCUT2D eigenvalue weighted by Gasteiger charge is -2.27. The van der Waals surface area contributed by atoms with Gasteiger partial charge in [0.1, 0.15) is 11.9 Å². The molecule has 1 aromatic carbocycles. The number of carbonyl (C=O) groups excluding carboxylic acids is 1. The molecule has 1 fully saturated rings. The number of nitrogens with one attached hydrogen (secondary N) is 1. The van der Waals surface area contributed by atoms with Crippen LogP contribution >= 0.6 is 0 Å². The molecule has 0 radical (unpaired) electrons. The summed E-state index contributed by atoms with van der Waals surface area (Å²) in [5.41, 5.74) is 0.803. The molecule has 1 aliphatic carbocycles. The fraction of sp³-hybridized carbons (Fsp3) is 0.500. The number of halogens is 1. The predicted molar refractivity (Wildman–Crippen MR) is 77.1 cm³/mol. The van der Waals surface area contributed by atoms with Crippen molar-refractivity contribution in [1.29, 1.82) is 5.26 Å². The van der Waals surface area contributed by atoms with Crippen LogP contribution in [-0.2, 0) is 9.53 Å². The molecule has 0 unspecified atom stereocenters. The number of nitrogens with zero attached hydrogens (tertiary/aromatic N) is 1. The lowest BCUT2D eigenvalue weighted by atomic mass is 9.82. The summed E-state index contributed by atoms with van der Waals surface area (Å²) >= 11 is 0. The number of ether oxygens (including phenoxy) is 1. The summed E-state index contributed by atoms with van der Waals surface area (Å²) in [7, 11) is 1.43. The second-order valence-electron chi connectivity index (χ2n) is 5.43. The summed E-state index contributed by atoms with van der Waals surface area (Å²) in [6.45, 7) is 0.768. The van der Waals surface area contributed by atoms with Crippen LogP contribution in [0.25, 0.3) is 0 Å². The summed E-state index contributed by atoms with van der Waals surface area (Å²) in [6.07, 6.45) is 3.65. The van der Waals surface area contributed by atoms with Gasteiger partial charge in [0.25, 0.3) is 0 Å². The fourth-order valence-corrected chi connectivity index (χ4v) is 2.75. The van der Waals surface area contributed by atoms with E-state index in [1.807, 2.05) is 6.07 Å². The van der Waals surface area contributed by atoms with Gasteiger partial charge in [-0.15, -0.1) is 0 Å². The first kappa shape index (κ1) is 15.3. The van der Waals surface area contributed by atoms with Crippen molar-refractivity contribution in [1.82, 2.24) is 0 Å². The number of hydrogen-bond acceptors (Lipinski definition) is 4. The molecule has 0 atom stereocenters. The summed E-state index contributed by atoms with van der Waals surface area (Å²) in [5.74, 6) is -0.0935. The molecule has 0 heterocycles. The second kappa shape index (κ2) is 7.07. The van der Waals surface area contributed by atoms with E-state index in [-0.39, 0.29) is 17.5 Å². The Morgan fingerprint density at radius 3 is 2.76 bits per heavy atom. The quantitative estimate of drug-likeness (QED) is 0.866. The van der Waals surface area contributed by atoms with Gasteiger partial charge in [-0.25, -0.2) is 4.39 Å². The largest absolute Gasteiger partial charge is 0.469 e. The Morgan fingerprint density at radius 1 is 1.43 bits per heavy atom. The molecule has 1 saturated carbocycles. The van der Waals surface area contributed by atoms with Crippen molar-refractivity contribution in [3.63, 3.8) is 0 Å². The van der Waals surface area contributed by atoms with Crippen molar-refractivity contribution in [3.05, 3.63) is 29.6 Å². The van der Waals surface area contributed by atoms with Crippen molar-refractivity contribution in [2.24, 2.45) is 11.8 Å². The molecule has 112 valence electrons. The maximum atomic E-state index is 13.2. The number of hydrogen-bond donors (Lipinski definition) is 1. The van der Waals surface area contributed by atoms with Crippen molar-refractivity contribution >= 4 is 11.7 Å². The third-order valence-corrected chi connectivity index (χ3v) is 4.06. The van der Waals surface area contributed by atoms with E-state index in [4.69, 9.17) is 10.00 Å². The van der Waals surface area contributed by atoms with Crippen molar-refractivity contribution in [2.75, 3.05) is 19.0 Å². The van der Waals surface area contributed by atoms with Gasteiger partial charge in [-0.1, -0.05) is 0 Å². The molecule has 0 amide bonds. The van der Waals surface area contributed by atoms with Crippen LogP contribution in [0.1, 0.15) is 31.2 Å². The van der Waals surface area contributed by atoms with Gasteiger partial charge in [0.05, 0.1) is 18.6 Å². The number of anilines is 1. The van der Waals surface area contributed by atoms with Gasteiger partial charge in [0, 0.05) is 12.2 Å². The standard InChI is InChI=1S/C16H19FN2O2/c1-21-16(20)12-4-2-11(3-5-12)10-19-14-6-7-15(17)13(8-14)9-18/h6-8,11-12,19H,2-5,10H2,1H3. The number of methoxy groups -OCH3 is 1. The first-order chi connectivity index (χ1) is 10.1. The minimum Gasteiger partial charge on any atom is -0.469 e. The zero-order chi connectivity index (χ0) is 15.2. The topological polar surface area (TPSA) is 62.1 Å². The molecule has 21 heavy (non-hydrogen) atoms. The summed E-state index contributed by atoms with van der Waals surface area (Å²) in [6, 6.07) is 6.29. The molecule has 0 bridgehead atoms. The highest BCUT2D eigenvalue weighted by atomic mass is 19.1. The maximum Gasteiger partial charge on any atom is 0.308 e. The zero-order valence-electron chi connectivity index (χ0n) is 12.1. The van der Waals surface area contributed by atoms with Crippen LogP contribution in [0, 0.1) is 29.0 Å². The van der Waals surface area contributed by atoms with Crippen LogP contribution in [0.4, 0.5) is 10.1 Å². The predicted octanol–water partition coefficient (Wildman–Crippen LogP) is 3.09. The maximum absolute atomic E-state index is 13.2. The average molecular weight is 290 g/mol. The van der Waals surface area contributed by atoms with Gasteiger partial charge in [-0.05, 0) is 49.8 Å². The molecule has 0 saturated heterocycles. The highest BCUT2D eigenvalue weighted by Crippen LogP contribution is 2.29.